The monoisotopic (exact) mass is 589 g/mol. The molecule has 16 heteroatoms. The predicted molar refractivity (Wildman–Crippen MR) is 151 cm³/mol. The minimum atomic E-state index is -1.60. The van der Waals surface area contributed by atoms with E-state index in [9.17, 15) is 33.9 Å². The number of carboxylic acid groups (broad SMARTS) is 1. The van der Waals surface area contributed by atoms with Crippen LogP contribution in [0.25, 0.3) is 0 Å². The molecule has 0 aromatic heterocycles. The van der Waals surface area contributed by atoms with Crippen LogP contribution in [0.2, 0.25) is 0 Å². The molecule has 10 N–H and O–H groups in total. The van der Waals surface area contributed by atoms with Crippen molar-refractivity contribution >= 4 is 41.6 Å². The predicted octanol–water partition coefficient (Wildman–Crippen LogP) is -2.08. The fourth-order valence-corrected chi connectivity index (χ4v) is 4.44. The molecule has 1 heterocycles. The van der Waals surface area contributed by atoms with Crippen molar-refractivity contribution in [2.75, 3.05) is 13.6 Å². The van der Waals surface area contributed by atoms with E-state index in [-0.39, 0.29) is 31.8 Å². The molecule has 4 atom stereocenters. The normalized spacial score (nSPS) is 22.5. The fourth-order valence-electron chi connectivity index (χ4n) is 4.44. The highest BCUT2D eigenvalue weighted by Gasteiger charge is 2.37. The summed E-state index contributed by atoms with van der Waals surface area (Å²) in [7, 11) is 1.40. The van der Waals surface area contributed by atoms with E-state index in [1.807, 2.05) is 0 Å². The second-order valence-electron chi connectivity index (χ2n) is 10.1. The van der Waals surface area contributed by atoms with E-state index in [1.54, 1.807) is 44.2 Å². The van der Waals surface area contributed by atoms with Crippen molar-refractivity contribution in [2.24, 2.45) is 22.4 Å². The van der Waals surface area contributed by atoms with Crippen LogP contribution in [0.1, 0.15) is 38.7 Å². The molecule has 1 aliphatic rings. The highest BCUT2D eigenvalue weighted by molar-refractivity contribution is 5.97. The maximum absolute atomic E-state index is 13.8. The third kappa shape index (κ3) is 10.3. The summed E-state index contributed by atoms with van der Waals surface area (Å²) in [5.41, 5.74) is 15.6. The first-order valence-electron chi connectivity index (χ1n) is 13.3. The average molecular weight is 590 g/mol. The molecule has 1 aromatic rings. The number of urea groups is 1. The van der Waals surface area contributed by atoms with Crippen molar-refractivity contribution in [1.29, 1.82) is 0 Å². The van der Waals surface area contributed by atoms with Crippen LogP contribution in [0.15, 0.2) is 35.3 Å². The van der Waals surface area contributed by atoms with Gasteiger partial charge in [0.2, 0.25) is 17.7 Å². The zero-order valence-electron chi connectivity index (χ0n) is 23.8. The van der Waals surface area contributed by atoms with Crippen LogP contribution >= 0.6 is 0 Å². The molecule has 0 aliphatic carbocycles. The van der Waals surface area contributed by atoms with Gasteiger partial charge in [0.15, 0.2) is 5.96 Å². The Morgan fingerprint density at radius 2 is 1.57 bits per heavy atom. The van der Waals surface area contributed by atoms with E-state index in [2.05, 4.69) is 31.8 Å². The summed E-state index contributed by atoms with van der Waals surface area (Å²) in [5, 5.41) is 16.7. The number of nitrogens with two attached hydrogens (primary N) is 2. The van der Waals surface area contributed by atoms with Gasteiger partial charge in [0.05, 0.1) is 6.42 Å². The first-order valence-corrected chi connectivity index (χ1v) is 13.3. The summed E-state index contributed by atoms with van der Waals surface area (Å²) in [5.74, 6) is -4.99. The third-order valence-corrected chi connectivity index (χ3v) is 6.44. The summed E-state index contributed by atoms with van der Waals surface area (Å²) < 4.78 is 0. The summed E-state index contributed by atoms with van der Waals surface area (Å²) in [6.07, 6.45) is -0.445. The topological polar surface area (TPSA) is 250 Å². The number of carboxylic acids is 1. The molecule has 1 fully saturated rings. The number of carbonyl (C=O) groups is 6. The SMILES string of the molecule is CC(C)[C@H]1C(=O)N[C@@H](CCCN=C(N)N)C(=O)NNC(=O)N[C@@H](CC(=O)O)C(=O)N[C@H](Cc2ccccc2)C(=O)N1C. The van der Waals surface area contributed by atoms with E-state index in [1.165, 1.54) is 11.9 Å². The van der Waals surface area contributed by atoms with Crippen LogP contribution < -0.4 is 38.3 Å². The molecule has 42 heavy (non-hydrogen) atoms. The van der Waals surface area contributed by atoms with Gasteiger partial charge in [-0.2, -0.15) is 0 Å². The number of aliphatic imine (C=N–C) groups is 1. The fraction of sp³-hybridized carbons (Fsp3) is 0.500. The number of aliphatic carboxylic acids is 1. The lowest BCUT2D eigenvalue weighted by Gasteiger charge is -2.34. The van der Waals surface area contributed by atoms with Crippen LogP contribution in [0, 0.1) is 5.92 Å². The lowest BCUT2D eigenvalue weighted by atomic mass is 9.98. The lowest BCUT2D eigenvalue weighted by molar-refractivity contribution is -0.144. The van der Waals surface area contributed by atoms with Gasteiger partial charge in [-0.05, 0) is 24.3 Å². The Balaban J connectivity index is 2.50. The van der Waals surface area contributed by atoms with Crippen molar-refractivity contribution in [3.63, 3.8) is 0 Å². The molecule has 0 spiro atoms. The Bertz CT molecular complexity index is 1170. The van der Waals surface area contributed by atoms with Crippen LogP contribution in [0.4, 0.5) is 4.79 Å². The number of carbonyl (C=O) groups excluding carboxylic acids is 5. The summed E-state index contributed by atoms with van der Waals surface area (Å²) in [6.45, 7) is 3.59. The highest BCUT2D eigenvalue weighted by atomic mass is 16.4. The second-order valence-corrected chi connectivity index (χ2v) is 10.1. The smallest absolute Gasteiger partial charge is 0.334 e. The number of rotatable bonds is 9. The van der Waals surface area contributed by atoms with Crippen molar-refractivity contribution in [1.82, 2.24) is 31.7 Å². The highest BCUT2D eigenvalue weighted by Crippen LogP contribution is 2.15. The van der Waals surface area contributed by atoms with Crippen LogP contribution in [0.3, 0.4) is 0 Å². The van der Waals surface area contributed by atoms with Crippen molar-refractivity contribution in [3.8, 4) is 0 Å². The van der Waals surface area contributed by atoms with E-state index in [0.29, 0.717) is 5.56 Å². The van der Waals surface area contributed by atoms with Gasteiger partial charge in [-0.15, -0.1) is 0 Å². The van der Waals surface area contributed by atoms with Gasteiger partial charge in [0, 0.05) is 20.0 Å². The van der Waals surface area contributed by atoms with Gasteiger partial charge in [-0.25, -0.2) is 10.2 Å². The molecule has 0 unspecified atom stereocenters. The quantitative estimate of drug-likeness (QED) is 0.0893. The van der Waals surface area contributed by atoms with Gasteiger partial charge >= 0.3 is 12.0 Å². The largest absolute Gasteiger partial charge is 0.481 e. The zero-order valence-corrected chi connectivity index (χ0v) is 23.8. The summed E-state index contributed by atoms with van der Waals surface area (Å²) in [4.78, 5) is 82.5. The Labute approximate surface area is 243 Å². The van der Waals surface area contributed by atoms with Crippen molar-refractivity contribution < 1.29 is 33.9 Å². The van der Waals surface area contributed by atoms with Gasteiger partial charge in [0.25, 0.3) is 5.91 Å². The average Bonchev–Trinajstić information content (AvgIpc) is 2.91. The Morgan fingerprint density at radius 3 is 2.17 bits per heavy atom. The Kier molecular flexibility index (Phi) is 12.5. The van der Waals surface area contributed by atoms with Gasteiger partial charge < -0.3 is 37.4 Å². The number of nitrogens with zero attached hydrogens (tertiary/aromatic N) is 2. The van der Waals surface area contributed by atoms with Crippen molar-refractivity contribution in [2.45, 2.75) is 63.7 Å². The third-order valence-electron chi connectivity index (χ3n) is 6.44. The molecule has 0 bridgehead atoms. The molecule has 1 saturated heterocycles. The number of guanidine groups is 1. The van der Waals surface area contributed by atoms with Crippen LogP contribution in [0.5, 0.6) is 0 Å². The molecule has 1 aliphatic heterocycles. The number of benzene rings is 1. The van der Waals surface area contributed by atoms with E-state index in [0.717, 1.165) is 0 Å². The number of hydrogen-bond donors (Lipinski definition) is 8. The van der Waals surface area contributed by atoms with Crippen LogP contribution in [-0.2, 0) is 30.4 Å². The Hall–Kier alpha value is -4.89. The number of amides is 6. The van der Waals surface area contributed by atoms with Gasteiger partial charge in [0.1, 0.15) is 24.2 Å². The Morgan fingerprint density at radius 1 is 0.929 bits per heavy atom. The summed E-state index contributed by atoms with van der Waals surface area (Å²) in [6, 6.07) is 2.62. The molecule has 0 radical (unpaired) electrons. The first-order chi connectivity index (χ1) is 19.8. The minimum Gasteiger partial charge on any atom is -0.481 e. The minimum absolute atomic E-state index is 0.0155. The van der Waals surface area contributed by atoms with E-state index < -0.39 is 72.1 Å². The van der Waals surface area contributed by atoms with Crippen molar-refractivity contribution in [3.05, 3.63) is 35.9 Å². The maximum Gasteiger partial charge on any atom is 0.334 e. The number of likely N-dealkylation sites (N-methyl/N-ethyl adjacent to an activating group) is 1. The van der Waals surface area contributed by atoms with Gasteiger partial charge in [-0.1, -0.05) is 44.2 Å². The standard InChI is InChI=1S/C26H39N9O7/c1-14(2)20-23(40)30-16(10-7-11-29-25(27)28)22(39)33-34-26(42)32-17(13-19(36)37)21(38)31-18(24(41)35(20)3)12-15-8-5-4-6-9-15/h4-6,8-9,14,16-18,20H,7,10-13H2,1-3H3,(H,30,40)(H,31,38)(H,33,39)(H,36,37)(H4,27,28,29)(H2,32,34,42)/t16-,17-,18+,20-/m0/s1. The second kappa shape index (κ2) is 15.8. The molecule has 0 saturated carbocycles. The molecule has 2 rings (SSSR count). The first kappa shape index (κ1) is 33.3. The molecule has 1 aromatic carbocycles. The number of nitrogens with one attached hydrogen (secondary N) is 5. The molecule has 16 nitrogen and oxygen atoms in total. The van der Waals surface area contributed by atoms with E-state index in [4.69, 9.17) is 11.5 Å². The molecular weight excluding hydrogens is 550 g/mol. The molecule has 230 valence electrons. The number of hydrogen-bond acceptors (Lipinski definition) is 7. The molecule has 6 amide bonds. The van der Waals surface area contributed by atoms with E-state index >= 15 is 0 Å². The number of hydrazine groups is 1. The molecular formula is C26H39N9O7. The zero-order chi connectivity index (χ0) is 31.4. The summed E-state index contributed by atoms with van der Waals surface area (Å²) >= 11 is 0. The van der Waals surface area contributed by atoms with Crippen LogP contribution in [-0.4, -0.2) is 89.4 Å². The van der Waals surface area contributed by atoms with Gasteiger partial charge in [-0.3, -0.25) is 34.4 Å². The maximum atomic E-state index is 13.8. The lowest BCUT2D eigenvalue weighted by Crippen LogP contribution is -2.59.